The highest BCUT2D eigenvalue weighted by Gasteiger charge is 2.33. The van der Waals surface area contributed by atoms with Crippen LogP contribution in [0.2, 0.25) is 5.02 Å². The molecule has 1 aliphatic rings. The molecule has 0 radical (unpaired) electrons. The Bertz CT molecular complexity index is 1110. The molecule has 0 aromatic heterocycles. The van der Waals surface area contributed by atoms with Gasteiger partial charge in [0.2, 0.25) is 15.9 Å². The van der Waals surface area contributed by atoms with Gasteiger partial charge in [0.05, 0.1) is 15.5 Å². The van der Waals surface area contributed by atoms with E-state index in [4.69, 9.17) is 16.9 Å². The number of amides is 1. The molecular formula is C22H24ClN3O3S. The third-order valence-electron chi connectivity index (χ3n) is 5.38. The maximum absolute atomic E-state index is 13.2. The number of aryl methyl sites for hydroxylation is 3. The van der Waals surface area contributed by atoms with E-state index in [-0.39, 0.29) is 16.8 Å². The van der Waals surface area contributed by atoms with E-state index in [0.29, 0.717) is 42.1 Å². The van der Waals surface area contributed by atoms with Gasteiger partial charge in [-0.25, -0.2) is 8.42 Å². The number of carbonyl (C=O) groups excluding carboxylic acids is 1. The minimum Gasteiger partial charge on any atom is -0.326 e. The zero-order valence-electron chi connectivity index (χ0n) is 17.2. The summed E-state index contributed by atoms with van der Waals surface area (Å²) in [6, 6.07) is 10.5. The predicted octanol–water partition coefficient (Wildman–Crippen LogP) is 4.18. The summed E-state index contributed by atoms with van der Waals surface area (Å²) >= 11 is 6.01. The summed E-state index contributed by atoms with van der Waals surface area (Å²) < 4.78 is 27.9. The van der Waals surface area contributed by atoms with E-state index in [2.05, 4.69) is 5.32 Å². The highest BCUT2D eigenvalue weighted by atomic mass is 35.5. The number of nitrogens with one attached hydrogen (secondary N) is 1. The average molecular weight is 446 g/mol. The summed E-state index contributed by atoms with van der Waals surface area (Å²) in [5, 5.41) is 12.0. The van der Waals surface area contributed by atoms with Crippen LogP contribution in [0.5, 0.6) is 0 Å². The molecule has 1 fully saturated rings. The maximum Gasteiger partial charge on any atom is 0.243 e. The second-order valence-electron chi connectivity index (χ2n) is 7.70. The Labute approximate surface area is 182 Å². The molecule has 158 valence electrons. The Balaban J connectivity index is 1.68. The van der Waals surface area contributed by atoms with Crippen LogP contribution in [0.3, 0.4) is 0 Å². The van der Waals surface area contributed by atoms with E-state index in [1.807, 2.05) is 39.0 Å². The van der Waals surface area contributed by atoms with Gasteiger partial charge in [0.1, 0.15) is 6.07 Å². The molecule has 0 unspecified atom stereocenters. The quantitative estimate of drug-likeness (QED) is 0.764. The molecule has 0 bridgehead atoms. The topological polar surface area (TPSA) is 90.3 Å². The number of rotatable bonds is 4. The number of nitriles is 1. The van der Waals surface area contributed by atoms with Crippen molar-refractivity contribution in [3.63, 3.8) is 0 Å². The summed E-state index contributed by atoms with van der Waals surface area (Å²) in [6.45, 7) is 6.16. The lowest BCUT2D eigenvalue weighted by Gasteiger charge is -2.31. The largest absolute Gasteiger partial charge is 0.326 e. The third kappa shape index (κ3) is 4.51. The summed E-state index contributed by atoms with van der Waals surface area (Å²) in [5.41, 5.74) is 3.37. The van der Waals surface area contributed by atoms with Crippen LogP contribution >= 0.6 is 11.6 Å². The molecule has 1 amide bonds. The van der Waals surface area contributed by atoms with Gasteiger partial charge >= 0.3 is 0 Å². The van der Waals surface area contributed by atoms with Gasteiger partial charge < -0.3 is 5.32 Å². The minimum absolute atomic E-state index is 0.171. The molecule has 3 rings (SSSR count). The second-order valence-corrected chi connectivity index (χ2v) is 9.98. The van der Waals surface area contributed by atoms with Crippen LogP contribution in [-0.4, -0.2) is 31.7 Å². The van der Waals surface area contributed by atoms with Gasteiger partial charge in [0, 0.05) is 24.7 Å². The molecule has 2 aromatic rings. The van der Waals surface area contributed by atoms with Crippen molar-refractivity contribution in [2.24, 2.45) is 5.92 Å². The number of nitrogens with zero attached hydrogens (tertiary/aromatic N) is 2. The number of halogens is 1. The molecule has 0 atom stereocenters. The molecule has 8 heteroatoms. The summed E-state index contributed by atoms with van der Waals surface area (Å²) in [5.74, 6) is -0.457. The predicted molar refractivity (Wildman–Crippen MR) is 117 cm³/mol. The molecule has 1 aliphatic heterocycles. The SMILES string of the molecule is Cc1cc(C)c(S(=O)(=O)N2CCC(C(=O)Nc3ccc(C#N)c(Cl)c3)CC2)c(C)c1. The lowest BCUT2D eigenvalue weighted by atomic mass is 9.97. The van der Waals surface area contributed by atoms with Crippen LogP contribution < -0.4 is 5.32 Å². The van der Waals surface area contributed by atoms with Crippen LogP contribution in [-0.2, 0) is 14.8 Å². The van der Waals surface area contributed by atoms with Crippen LogP contribution in [0.25, 0.3) is 0 Å². The molecule has 0 spiro atoms. The molecule has 0 saturated carbocycles. The van der Waals surface area contributed by atoms with Crippen molar-refractivity contribution < 1.29 is 13.2 Å². The number of hydrogen-bond acceptors (Lipinski definition) is 4. The van der Waals surface area contributed by atoms with Gasteiger partial charge in [0.15, 0.2) is 0 Å². The van der Waals surface area contributed by atoms with Crippen molar-refractivity contribution in [1.82, 2.24) is 4.31 Å². The number of benzene rings is 2. The molecule has 1 heterocycles. The van der Waals surface area contributed by atoms with Gasteiger partial charge in [-0.05, 0) is 62.9 Å². The zero-order chi connectivity index (χ0) is 22.1. The van der Waals surface area contributed by atoms with Crippen LogP contribution in [0, 0.1) is 38.0 Å². The van der Waals surface area contributed by atoms with E-state index in [0.717, 1.165) is 16.7 Å². The van der Waals surface area contributed by atoms with Crippen LogP contribution in [0.4, 0.5) is 5.69 Å². The Morgan fingerprint density at radius 2 is 1.73 bits per heavy atom. The summed E-state index contributed by atoms with van der Waals surface area (Å²) in [7, 11) is -3.61. The molecule has 30 heavy (non-hydrogen) atoms. The lowest BCUT2D eigenvalue weighted by molar-refractivity contribution is -0.120. The second kappa shape index (κ2) is 8.76. The van der Waals surface area contributed by atoms with E-state index in [1.165, 1.54) is 4.31 Å². The van der Waals surface area contributed by atoms with Crippen molar-refractivity contribution in [2.45, 2.75) is 38.5 Å². The molecule has 1 saturated heterocycles. The normalized spacial score (nSPS) is 15.6. The Kier molecular flexibility index (Phi) is 6.51. The molecular weight excluding hydrogens is 422 g/mol. The number of anilines is 1. The van der Waals surface area contributed by atoms with Crippen LogP contribution in [0.15, 0.2) is 35.2 Å². The Morgan fingerprint density at radius 3 is 2.27 bits per heavy atom. The number of piperidine rings is 1. The van der Waals surface area contributed by atoms with E-state index < -0.39 is 10.0 Å². The third-order valence-corrected chi connectivity index (χ3v) is 7.90. The van der Waals surface area contributed by atoms with E-state index in [1.54, 1.807) is 18.2 Å². The van der Waals surface area contributed by atoms with E-state index in [9.17, 15) is 13.2 Å². The first-order chi connectivity index (χ1) is 14.1. The summed E-state index contributed by atoms with van der Waals surface area (Å²) in [4.78, 5) is 13.0. The first kappa shape index (κ1) is 22.3. The molecule has 2 aromatic carbocycles. The van der Waals surface area contributed by atoms with Gasteiger partial charge in [0.25, 0.3) is 0 Å². The highest BCUT2D eigenvalue weighted by Crippen LogP contribution is 2.29. The Hall–Kier alpha value is -2.40. The van der Waals surface area contributed by atoms with E-state index >= 15 is 0 Å². The molecule has 1 N–H and O–H groups in total. The first-order valence-corrected chi connectivity index (χ1v) is 11.5. The van der Waals surface area contributed by atoms with Gasteiger partial charge in [-0.15, -0.1) is 0 Å². The maximum atomic E-state index is 13.2. The average Bonchev–Trinajstić information content (AvgIpc) is 2.67. The fourth-order valence-corrected chi connectivity index (χ4v) is 6.09. The number of hydrogen-bond donors (Lipinski definition) is 1. The highest BCUT2D eigenvalue weighted by molar-refractivity contribution is 7.89. The fraction of sp³-hybridized carbons (Fsp3) is 0.364. The summed E-state index contributed by atoms with van der Waals surface area (Å²) in [6.07, 6.45) is 0.887. The van der Waals surface area contributed by atoms with Crippen LogP contribution in [0.1, 0.15) is 35.1 Å². The number of carbonyl (C=O) groups is 1. The van der Waals surface area contributed by atoms with Crippen molar-refractivity contribution >= 4 is 33.2 Å². The van der Waals surface area contributed by atoms with Crippen molar-refractivity contribution in [2.75, 3.05) is 18.4 Å². The standard InChI is InChI=1S/C22H24ClN3O3S/c1-14-10-15(2)21(16(3)11-14)30(28,29)26-8-6-17(7-9-26)22(27)25-19-5-4-18(13-24)20(23)12-19/h4-5,10-12,17H,6-9H2,1-3H3,(H,25,27). The number of sulfonamides is 1. The van der Waals surface area contributed by atoms with Gasteiger partial charge in [-0.1, -0.05) is 29.3 Å². The molecule has 6 nitrogen and oxygen atoms in total. The smallest absolute Gasteiger partial charge is 0.243 e. The van der Waals surface area contributed by atoms with Crippen molar-refractivity contribution in [3.05, 3.63) is 57.6 Å². The van der Waals surface area contributed by atoms with Crippen molar-refractivity contribution in [1.29, 1.82) is 5.26 Å². The lowest BCUT2D eigenvalue weighted by Crippen LogP contribution is -2.41. The minimum atomic E-state index is -3.61. The van der Waals surface area contributed by atoms with Gasteiger partial charge in [-0.2, -0.15) is 9.57 Å². The fourth-order valence-electron chi connectivity index (χ4n) is 3.99. The monoisotopic (exact) mass is 445 g/mol. The van der Waals surface area contributed by atoms with Crippen molar-refractivity contribution in [3.8, 4) is 6.07 Å². The first-order valence-electron chi connectivity index (χ1n) is 9.72. The Morgan fingerprint density at radius 1 is 1.13 bits per heavy atom. The zero-order valence-corrected chi connectivity index (χ0v) is 18.8. The molecule has 0 aliphatic carbocycles. The van der Waals surface area contributed by atoms with Gasteiger partial charge in [-0.3, -0.25) is 4.79 Å².